The first-order valence-electron chi connectivity index (χ1n) is 8.05. The van der Waals surface area contributed by atoms with Crippen LogP contribution in [0, 0.1) is 6.92 Å². The van der Waals surface area contributed by atoms with Gasteiger partial charge in [-0.25, -0.2) is 0 Å². The number of rotatable bonds is 5. The lowest BCUT2D eigenvalue weighted by molar-refractivity contribution is 0.0787. The van der Waals surface area contributed by atoms with Crippen LogP contribution in [0.1, 0.15) is 29.3 Å². The van der Waals surface area contributed by atoms with Crippen LogP contribution in [0.5, 0.6) is 17.2 Å². The second-order valence-corrected chi connectivity index (χ2v) is 5.78. The molecule has 0 aliphatic carbocycles. The van der Waals surface area contributed by atoms with Crippen molar-refractivity contribution in [1.29, 1.82) is 0 Å². The first-order valence-corrected chi connectivity index (χ1v) is 8.05. The second kappa shape index (κ2) is 6.83. The van der Waals surface area contributed by atoms with E-state index in [1.807, 2.05) is 26.0 Å². The zero-order chi connectivity index (χ0) is 17.1. The molecule has 0 amide bonds. The number of aryl methyl sites for hydroxylation is 1. The van der Waals surface area contributed by atoms with Gasteiger partial charge in [0.2, 0.25) is 5.78 Å². The molecule has 3 rings (SSSR count). The van der Waals surface area contributed by atoms with Gasteiger partial charge in [-0.05, 0) is 49.2 Å². The maximum Gasteiger partial charge on any atom is 0.203 e. The molecule has 1 atom stereocenters. The maximum atomic E-state index is 12.8. The first-order chi connectivity index (χ1) is 11.6. The molecule has 5 nitrogen and oxygen atoms in total. The van der Waals surface area contributed by atoms with E-state index in [1.54, 1.807) is 24.3 Å². The van der Waals surface area contributed by atoms with Crippen molar-refractivity contribution in [2.45, 2.75) is 26.4 Å². The molecule has 1 aliphatic rings. The van der Waals surface area contributed by atoms with Gasteiger partial charge in [0, 0.05) is 5.56 Å². The van der Waals surface area contributed by atoms with Crippen LogP contribution in [0.3, 0.4) is 0 Å². The van der Waals surface area contributed by atoms with Gasteiger partial charge in [0.25, 0.3) is 0 Å². The van der Waals surface area contributed by atoms with Gasteiger partial charge in [-0.3, -0.25) is 4.79 Å². The summed E-state index contributed by atoms with van der Waals surface area (Å²) in [6, 6.07) is 10.7. The van der Waals surface area contributed by atoms with Crippen molar-refractivity contribution in [2.24, 2.45) is 0 Å². The fourth-order valence-electron chi connectivity index (χ4n) is 2.63. The number of ketones is 1. The largest absolute Gasteiger partial charge is 0.486 e. The molecule has 0 spiro atoms. The molecule has 0 bridgehead atoms. The SMILES string of the molecule is CCC(Oc1ccc(C)cc1N)C(=O)c1ccc2c(c1)OCCO2. The van der Waals surface area contributed by atoms with Crippen LogP contribution < -0.4 is 19.9 Å². The Morgan fingerprint density at radius 1 is 1.17 bits per heavy atom. The molecule has 0 saturated heterocycles. The topological polar surface area (TPSA) is 70.8 Å². The third-order valence-corrected chi connectivity index (χ3v) is 3.92. The molecule has 1 unspecified atom stereocenters. The molecule has 2 aromatic carbocycles. The summed E-state index contributed by atoms with van der Waals surface area (Å²) < 4.78 is 16.9. The summed E-state index contributed by atoms with van der Waals surface area (Å²) in [7, 11) is 0. The predicted molar refractivity (Wildman–Crippen MR) is 92.1 cm³/mol. The second-order valence-electron chi connectivity index (χ2n) is 5.78. The maximum absolute atomic E-state index is 12.8. The lowest BCUT2D eigenvalue weighted by Gasteiger charge is -2.21. The lowest BCUT2D eigenvalue weighted by atomic mass is 10.0. The van der Waals surface area contributed by atoms with E-state index in [-0.39, 0.29) is 5.78 Å². The minimum atomic E-state index is -0.599. The Balaban J connectivity index is 1.81. The van der Waals surface area contributed by atoms with E-state index in [9.17, 15) is 4.79 Å². The molecule has 2 N–H and O–H groups in total. The number of carbonyl (C=O) groups excluding carboxylic acids is 1. The summed E-state index contributed by atoms with van der Waals surface area (Å²) in [4.78, 5) is 12.8. The fraction of sp³-hybridized carbons (Fsp3) is 0.316. The van der Waals surface area contributed by atoms with Crippen LogP contribution in [0.2, 0.25) is 0 Å². The first kappa shape index (κ1) is 16.2. The zero-order valence-electron chi connectivity index (χ0n) is 13.9. The number of carbonyl (C=O) groups is 1. The number of benzene rings is 2. The van der Waals surface area contributed by atoms with Crippen molar-refractivity contribution in [3.63, 3.8) is 0 Å². The molecule has 126 valence electrons. The van der Waals surface area contributed by atoms with Gasteiger partial charge < -0.3 is 19.9 Å². The highest BCUT2D eigenvalue weighted by molar-refractivity contribution is 6.00. The minimum Gasteiger partial charge on any atom is -0.486 e. The molecule has 0 radical (unpaired) electrons. The third-order valence-electron chi connectivity index (χ3n) is 3.92. The third kappa shape index (κ3) is 3.30. The van der Waals surface area contributed by atoms with Crippen molar-refractivity contribution in [1.82, 2.24) is 0 Å². The van der Waals surface area contributed by atoms with E-state index in [4.69, 9.17) is 19.9 Å². The van der Waals surface area contributed by atoms with Gasteiger partial charge in [0.1, 0.15) is 19.0 Å². The highest BCUT2D eigenvalue weighted by Crippen LogP contribution is 2.32. The van der Waals surface area contributed by atoms with Crippen molar-refractivity contribution < 1.29 is 19.0 Å². The van der Waals surface area contributed by atoms with E-state index < -0.39 is 6.10 Å². The van der Waals surface area contributed by atoms with Gasteiger partial charge >= 0.3 is 0 Å². The number of anilines is 1. The van der Waals surface area contributed by atoms with Crippen LogP contribution >= 0.6 is 0 Å². The number of fused-ring (bicyclic) bond motifs is 1. The highest BCUT2D eigenvalue weighted by Gasteiger charge is 2.23. The quantitative estimate of drug-likeness (QED) is 0.673. The summed E-state index contributed by atoms with van der Waals surface area (Å²) in [6.45, 7) is 4.87. The van der Waals surface area contributed by atoms with E-state index in [2.05, 4.69) is 0 Å². The van der Waals surface area contributed by atoms with Crippen molar-refractivity contribution in [3.8, 4) is 17.2 Å². The minimum absolute atomic E-state index is 0.102. The molecule has 2 aromatic rings. The molecular formula is C19H21NO4. The Kier molecular flexibility index (Phi) is 4.60. The van der Waals surface area contributed by atoms with E-state index in [0.29, 0.717) is 48.1 Å². The lowest BCUT2D eigenvalue weighted by Crippen LogP contribution is -2.27. The number of hydrogen-bond acceptors (Lipinski definition) is 5. The summed E-state index contributed by atoms with van der Waals surface area (Å²) in [5.74, 6) is 1.68. The average Bonchev–Trinajstić information content (AvgIpc) is 2.60. The Morgan fingerprint density at radius 3 is 2.62 bits per heavy atom. The Hall–Kier alpha value is -2.69. The van der Waals surface area contributed by atoms with Gasteiger partial charge in [-0.2, -0.15) is 0 Å². The van der Waals surface area contributed by atoms with Gasteiger partial charge in [0.15, 0.2) is 17.6 Å². The fourth-order valence-corrected chi connectivity index (χ4v) is 2.63. The Labute approximate surface area is 141 Å². The van der Waals surface area contributed by atoms with Crippen molar-refractivity contribution in [3.05, 3.63) is 47.5 Å². The molecular weight excluding hydrogens is 306 g/mol. The van der Waals surface area contributed by atoms with Crippen LogP contribution in [-0.2, 0) is 0 Å². The molecule has 1 aliphatic heterocycles. The van der Waals surface area contributed by atoms with Gasteiger partial charge in [-0.1, -0.05) is 13.0 Å². The Morgan fingerprint density at radius 2 is 1.92 bits per heavy atom. The summed E-state index contributed by atoms with van der Waals surface area (Å²) in [5.41, 5.74) is 8.10. The summed E-state index contributed by atoms with van der Waals surface area (Å²) >= 11 is 0. The van der Waals surface area contributed by atoms with E-state index in [0.717, 1.165) is 5.56 Å². The number of nitrogen functional groups attached to an aromatic ring is 1. The summed E-state index contributed by atoms with van der Waals surface area (Å²) in [5, 5.41) is 0. The van der Waals surface area contributed by atoms with Crippen molar-refractivity contribution in [2.75, 3.05) is 18.9 Å². The number of ether oxygens (including phenoxy) is 3. The van der Waals surface area contributed by atoms with Gasteiger partial charge in [-0.15, -0.1) is 0 Å². The van der Waals surface area contributed by atoms with Crippen LogP contribution in [0.4, 0.5) is 5.69 Å². The van der Waals surface area contributed by atoms with Crippen molar-refractivity contribution >= 4 is 11.5 Å². The average molecular weight is 327 g/mol. The predicted octanol–water partition coefficient (Wildman–Crippen LogP) is 3.39. The molecule has 5 heteroatoms. The number of nitrogens with two attached hydrogens (primary N) is 1. The molecule has 0 saturated carbocycles. The van der Waals surface area contributed by atoms with E-state index >= 15 is 0 Å². The number of hydrogen-bond donors (Lipinski definition) is 1. The van der Waals surface area contributed by atoms with Crippen LogP contribution in [0.25, 0.3) is 0 Å². The summed E-state index contributed by atoms with van der Waals surface area (Å²) in [6.07, 6.45) is -0.0572. The Bertz CT molecular complexity index is 757. The zero-order valence-corrected chi connectivity index (χ0v) is 13.9. The number of Topliss-reactive ketones (excluding diaryl/α,β-unsaturated/α-hetero) is 1. The van der Waals surface area contributed by atoms with Crippen LogP contribution in [0.15, 0.2) is 36.4 Å². The highest BCUT2D eigenvalue weighted by atomic mass is 16.6. The monoisotopic (exact) mass is 327 g/mol. The van der Waals surface area contributed by atoms with Crippen LogP contribution in [-0.4, -0.2) is 25.1 Å². The molecule has 0 fully saturated rings. The van der Waals surface area contributed by atoms with Gasteiger partial charge in [0.05, 0.1) is 5.69 Å². The normalized spacial score (nSPS) is 14.1. The molecule has 0 aromatic heterocycles. The standard InChI is InChI=1S/C19H21NO4/c1-3-15(24-16-6-4-12(2)10-14(16)20)19(21)13-5-7-17-18(11-13)23-9-8-22-17/h4-7,10-11,15H,3,8-9,20H2,1-2H3. The smallest absolute Gasteiger partial charge is 0.203 e. The molecule has 24 heavy (non-hydrogen) atoms. The van der Waals surface area contributed by atoms with E-state index in [1.165, 1.54) is 0 Å². The molecule has 1 heterocycles.